The molecular formula is C23H21BrFN5O3S. The van der Waals surface area contributed by atoms with E-state index < -0.39 is 21.8 Å². The van der Waals surface area contributed by atoms with Gasteiger partial charge in [0.1, 0.15) is 5.84 Å². The number of amides is 1. The van der Waals surface area contributed by atoms with Crippen LogP contribution in [0.2, 0.25) is 0 Å². The molecule has 8 nitrogen and oxygen atoms in total. The fourth-order valence-electron chi connectivity index (χ4n) is 3.20. The third-order valence-electron chi connectivity index (χ3n) is 4.98. The Hall–Kier alpha value is -3.54. The van der Waals surface area contributed by atoms with Gasteiger partial charge in [-0.25, -0.2) is 17.9 Å². The predicted octanol–water partition coefficient (Wildman–Crippen LogP) is 3.68. The molecule has 0 aliphatic heterocycles. The summed E-state index contributed by atoms with van der Waals surface area (Å²) in [6, 6.07) is 17.5. The van der Waals surface area contributed by atoms with Crippen molar-refractivity contribution in [2.45, 2.75) is 11.8 Å². The zero-order chi connectivity index (χ0) is 25.0. The maximum absolute atomic E-state index is 14.9. The highest BCUT2D eigenvalue weighted by molar-refractivity contribution is 9.10. The molecule has 0 aliphatic carbocycles. The van der Waals surface area contributed by atoms with Gasteiger partial charge in [-0.05, 0) is 63.8 Å². The van der Waals surface area contributed by atoms with Crippen LogP contribution in [0.4, 0.5) is 10.1 Å². The molecular weight excluding hydrogens is 525 g/mol. The van der Waals surface area contributed by atoms with Crippen LogP contribution in [0.25, 0.3) is 16.7 Å². The minimum Gasteiger partial charge on any atom is -0.382 e. The smallest absolute Gasteiger partial charge is 0.284 e. The van der Waals surface area contributed by atoms with E-state index in [4.69, 9.17) is 16.7 Å². The maximum Gasteiger partial charge on any atom is 0.284 e. The lowest BCUT2D eigenvalue weighted by Crippen LogP contribution is -2.16. The van der Waals surface area contributed by atoms with E-state index in [1.54, 1.807) is 54.6 Å². The minimum atomic E-state index is -3.94. The van der Waals surface area contributed by atoms with Crippen molar-refractivity contribution in [3.8, 4) is 11.1 Å². The monoisotopic (exact) mass is 545 g/mol. The fraction of sp³-hybridized carbons (Fsp3) is 0.0435. The van der Waals surface area contributed by atoms with Crippen LogP contribution in [0.3, 0.4) is 0 Å². The molecule has 0 saturated heterocycles. The van der Waals surface area contributed by atoms with Crippen LogP contribution in [0.15, 0.2) is 87.0 Å². The summed E-state index contributed by atoms with van der Waals surface area (Å²) in [5.74, 6) is 3.32. The number of sulfonamides is 1. The van der Waals surface area contributed by atoms with Crippen molar-refractivity contribution in [2.24, 2.45) is 21.8 Å². The van der Waals surface area contributed by atoms with E-state index in [2.05, 4.69) is 26.3 Å². The number of halogens is 2. The fourth-order valence-corrected chi connectivity index (χ4v) is 4.44. The average molecular weight is 546 g/mol. The summed E-state index contributed by atoms with van der Waals surface area (Å²) >= 11 is 3.34. The van der Waals surface area contributed by atoms with Crippen LogP contribution >= 0.6 is 15.9 Å². The molecule has 0 aliphatic rings. The van der Waals surface area contributed by atoms with E-state index in [1.165, 1.54) is 19.1 Å². The zero-order valence-corrected chi connectivity index (χ0v) is 20.3. The summed E-state index contributed by atoms with van der Waals surface area (Å²) < 4.78 is 39.1. The largest absolute Gasteiger partial charge is 0.382 e. The Balaban J connectivity index is 1.89. The Morgan fingerprint density at radius 2 is 1.71 bits per heavy atom. The van der Waals surface area contributed by atoms with E-state index in [-0.39, 0.29) is 22.0 Å². The van der Waals surface area contributed by atoms with Crippen LogP contribution in [0.1, 0.15) is 18.1 Å². The first-order valence-electron chi connectivity index (χ1n) is 9.76. The van der Waals surface area contributed by atoms with Gasteiger partial charge in [0.05, 0.1) is 10.6 Å². The molecule has 3 rings (SSSR count). The Labute approximate surface area is 204 Å². The molecule has 11 heteroatoms. The number of nitrogens with two attached hydrogens (primary N) is 3. The number of nitrogens with zero attached hydrogens (tertiary/aromatic N) is 1. The molecule has 7 N–H and O–H groups in total. The summed E-state index contributed by atoms with van der Waals surface area (Å²) in [4.78, 5) is 12.5. The third-order valence-corrected chi connectivity index (χ3v) is 6.61. The lowest BCUT2D eigenvalue weighted by atomic mass is 10.0. The van der Waals surface area contributed by atoms with Crippen LogP contribution in [-0.2, 0) is 14.8 Å². The van der Waals surface area contributed by atoms with Gasteiger partial charge in [-0.2, -0.15) is 5.10 Å². The van der Waals surface area contributed by atoms with E-state index in [1.807, 2.05) is 0 Å². The van der Waals surface area contributed by atoms with E-state index in [0.29, 0.717) is 26.7 Å². The zero-order valence-electron chi connectivity index (χ0n) is 17.9. The highest BCUT2D eigenvalue weighted by atomic mass is 79.9. The number of nitrogens with one attached hydrogen (secondary N) is 1. The minimum absolute atomic E-state index is 0.0363. The Morgan fingerprint density at radius 3 is 2.35 bits per heavy atom. The number of hydrazone groups is 1. The van der Waals surface area contributed by atoms with Gasteiger partial charge in [0.25, 0.3) is 5.91 Å². The van der Waals surface area contributed by atoms with Crippen molar-refractivity contribution >= 4 is 49.0 Å². The van der Waals surface area contributed by atoms with Crippen molar-refractivity contribution in [2.75, 3.05) is 5.32 Å². The average Bonchev–Trinajstić information content (AvgIpc) is 2.83. The molecule has 0 spiro atoms. The van der Waals surface area contributed by atoms with Crippen molar-refractivity contribution in [3.05, 3.63) is 88.2 Å². The number of benzene rings is 3. The van der Waals surface area contributed by atoms with E-state index in [9.17, 15) is 17.6 Å². The molecule has 0 bridgehead atoms. The lowest BCUT2D eigenvalue weighted by Gasteiger charge is -2.12. The van der Waals surface area contributed by atoms with Crippen molar-refractivity contribution in [1.29, 1.82) is 0 Å². The van der Waals surface area contributed by atoms with Gasteiger partial charge < -0.3 is 16.9 Å². The lowest BCUT2D eigenvalue weighted by molar-refractivity contribution is -0.114. The molecule has 0 aromatic heterocycles. The Kier molecular flexibility index (Phi) is 7.50. The summed E-state index contributed by atoms with van der Waals surface area (Å²) in [7, 11) is -3.94. The molecule has 0 radical (unpaired) electrons. The number of anilines is 1. The van der Waals surface area contributed by atoms with E-state index in [0.717, 1.165) is 0 Å². The molecule has 0 saturated carbocycles. The van der Waals surface area contributed by atoms with Crippen LogP contribution in [0.5, 0.6) is 0 Å². The molecule has 0 unspecified atom stereocenters. The van der Waals surface area contributed by atoms with Crippen LogP contribution in [0, 0.1) is 0 Å². The predicted molar refractivity (Wildman–Crippen MR) is 135 cm³/mol. The number of amidine groups is 1. The second-order valence-electron chi connectivity index (χ2n) is 7.22. The first-order chi connectivity index (χ1) is 16.0. The number of hydrogen-bond donors (Lipinski definition) is 4. The molecule has 34 heavy (non-hydrogen) atoms. The number of carbonyl (C=O) groups excluding carboxylic acids is 1. The third kappa shape index (κ3) is 5.50. The van der Waals surface area contributed by atoms with Gasteiger partial charge in [-0.1, -0.05) is 42.5 Å². The van der Waals surface area contributed by atoms with Gasteiger partial charge >= 0.3 is 0 Å². The van der Waals surface area contributed by atoms with E-state index >= 15 is 0 Å². The summed E-state index contributed by atoms with van der Waals surface area (Å²) in [6.45, 7) is 1.46. The second-order valence-corrected chi connectivity index (χ2v) is 9.61. The Morgan fingerprint density at radius 1 is 1.03 bits per heavy atom. The standard InChI is InChI=1S/C23H21BrFN5O3S/c1-13(14-5-4-6-16(11-14)22(26)30-27)21(25)23(31)29-19-10-9-15(12-18(19)24)17-7-2-3-8-20(17)34(28,32)33/h2-12H,27H2,1H3,(H2,26,30)(H,29,31)(H2,28,32,33)/b21-13+. The van der Waals surface area contributed by atoms with Gasteiger partial charge in [0.15, 0.2) is 5.83 Å². The molecule has 0 fully saturated rings. The van der Waals surface area contributed by atoms with Gasteiger partial charge in [-0.3, -0.25) is 4.79 Å². The quantitative estimate of drug-likeness (QED) is 0.122. The maximum atomic E-state index is 14.9. The second kappa shape index (κ2) is 10.2. The van der Waals surface area contributed by atoms with Crippen LogP contribution < -0.4 is 22.0 Å². The van der Waals surface area contributed by atoms with Gasteiger partial charge in [0.2, 0.25) is 10.0 Å². The summed E-state index contributed by atoms with van der Waals surface area (Å²) in [5, 5.41) is 11.2. The molecule has 176 valence electrons. The highest BCUT2D eigenvalue weighted by Crippen LogP contribution is 2.33. The normalized spacial score (nSPS) is 12.8. The number of hydrogen-bond acceptors (Lipinski definition) is 5. The molecule has 3 aromatic rings. The van der Waals surface area contributed by atoms with Gasteiger partial charge in [-0.15, -0.1) is 0 Å². The number of rotatable bonds is 6. The number of primary sulfonamides is 1. The van der Waals surface area contributed by atoms with Gasteiger partial charge in [0, 0.05) is 15.6 Å². The topological polar surface area (TPSA) is 154 Å². The van der Waals surface area contributed by atoms with Crippen molar-refractivity contribution < 1.29 is 17.6 Å². The molecule has 1 amide bonds. The number of allylic oxidation sites excluding steroid dienone is 1. The molecule has 0 atom stereocenters. The Bertz CT molecular complexity index is 1440. The van der Waals surface area contributed by atoms with Crippen LogP contribution in [-0.4, -0.2) is 20.2 Å². The first-order valence-corrected chi connectivity index (χ1v) is 12.1. The van der Waals surface area contributed by atoms with Crippen molar-refractivity contribution in [3.63, 3.8) is 0 Å². The highest BCUT2D eigenvalue weighted by Gasteiger charge is 2.18. The molecule has 0 heterocycles. The summed E-state index contributed by atoms with van der Waals surface area (Å²) in [6.07, 6.45) is 0. The number of carbonyl (C=O) groups is 1. The first kappa shape index (κ1) is 25.1. The summed E-state index contributed by atoms with van der Waals surface area (Å²) in [5.41, 5.74) is 7.94. The SMILES string of the molecule is C/C(=C(\F)C(=O)Nc1ccc(-c2ccccc2S(N)(=O)=O)cc1Br)c1cccc(/C(N)=N/N)c1. The van der Waals surface area contributed by atoms with Crippen molar-refractivity contribution in [1.82, 2.24) is 0 Å². The molecule has 3 aromatic carbocycles.